The topological polar surface area (TPSA) is 71.4 Å². The molecule has 0 spiro atoms. The molecule has 19 heavy (non-hydrogen) atoms. The van der Waals surface area contributed by atoms with E-state index in [1.807, 2.05) is 32.0 Å². The molecule has 1 heterocycles. The predicted octanol–water partition coefficient (Wildman–Crippen LogP) is 1.89. The van der Waals surface area contributed by atoms with Crippen LogP contribution in [-0.4, -0.2) is 12.7 Å². The maximum absolute atomic E-state index is 11.7. The Morgan fingerprint density at radius 2 is 2.16 bits per heavy atom. The molecule has 0 bridgehead atoms. The highest BCUT2D eigenvalue weighted by Crippen LogP contribution is 2.34. The average Bonchev–Trinajstić information content (AvgIpc) is 2.84. The summed E-state index contributed by atoms with van der Waals surface area (Å²) < 4.78 is 10.6. The summed E-state index contributed by atoms with van der Waals surface area (Å²) in [6.07, 6.45) is 0.516. The van der Waals surface area contributed by atoms with Crippen molar-refractivity contribution >= 4 is 5.91 Å². The first-order valence-corrected chi connectivity index (χ1v) is 6.22. The van der Waals surface area contributed by atoms with Crippen LogP contribution in [0.1, 0.15) is 24.5 Å². The highest BCUT2D eigenvalue weighted by molar-refractivity contribution is 5.81. The van der Waals surface area contributed by atoms with E-state index in [-0.39, 0.29) is 12.7 Å². The van der Waals surface area contributed by atoms with Gasteiger partial charge in [0.15, 0.2) is 11.5 Å². The molecule has 5 nitrogen and oxygen atoms in total. The van der Waals surface area contributed by atoms with Gasteiger partial charge in [0.1, 0.15) is 5.92 Å². The van der Waals surface area contributed by atoms with Crippen LogP contribution in [0.15, 0.2) is 12.1 Å². The molecule has 1 unspecified atom stereocenters. The summed E-state index contributed by atoms with van der Waals surface area (Å²) >= 11 is 0. The summed E-state index contributed by atoms with van der Waals surface area (Å²) in [6.45, 7) is 4.39. The van der Waals surface area contributed by atoms with Crippen LogP contribution in [0.2, 0.25) is 0 Å². The first-order chi connectivity index (χ1) is 9.15. The quantitative estimate of drug-likeness (QED) is 0.897. The largest absolute Gasteiger partial charge is 0.454 e. The number of aryl methyl sites for hydroxylation is 1. The first-order valence-electron chi connectivity index (χ1n) is 6.22. The van der Waals surface area contributed by atoms with Gasteiger partial charge in [0.25, 0.3) is 0 Å². The molecule has 0 radical (unpaired) electrons. The monoisotopic (exact) mass is 260 g/mol. The van der Waals surface area contributed by atoms with Crippen LogP contribution in [0.25, 0.3) is 0 Å². The minimum Gasteiger partial charge on any atom is -0.454 e. The minimum absolute atomic E-state index is 0.233. The molecule has 0 fully saturated rings. The SMILES string of the molecule is CCC(C#N)C(=O)NCc1cc2c(cc1C)OCO2. The van der Waals surface area contributed by atoms with Gasteiger partial charge in [-0.15, -0.1) is 0 Å². The molecule has 100 valence electrons. The second-order valence-corrected chi connectivity index (χ2v) is 4.44. The van der Waals surface area contributed by atoms with Gasteiger partial charge in [0.2, 0.25) is 12.7 Å². The van der Waals surface area contributed by atoms with Crippen molar-refractivity contribution in [3.8, 4) is 17.6 Å². The highest BCUT2D eigenvalue weighted by Gasteiger charge is 2.18. The van der Waals surface area contributed by atoms with Gasteiger partial charge in [0, 0.05) is 6.54 Å². The number of nitriles is 1. The molecule has 1 aliphatic heterocycles. The van der Waals surface area contributed by atoms with Crippen LogP contribution >= 0.6 is 0 Å². The van der Waals surface area contributed by atoms with Crippen molar-refractivity contribution in [2.24, 2.45) is 5.92 Å². The van der Waals surface area contributed by atoms with Crippen molar-refractivity contribution < 1.29 is 14.3 Å². The number of hydrogen-bond donors (Lipinski definition) is 1. The zero-order chi connectivity index (χ0) is 13.8. The Morgan fingerprint density at radius 3 is 2.79 bits per heavy atom. The van der Waals surface area contributed by atoms with Gasteiger partial charge in [-0.3, -0.25) is 4.79 Å². The van der Waals surface area contributed by atoms with Crippen LogP contribution in [0, 0.1) is 24.2 Å². The van der Waals surface area contributed by atoms with E-state index in [0.717, 1.165) is 16.9 Å². The van der Waals surface area contributed by atoms with Gasteiger partial charge in [-0.25, -0.2) is 0 Å². The molecule has 0 aromatic heterocycles. The number of nitrogens with one attached hydrogen (secondary N) is 1. The molecular formula is C14H16N2O3. The van der Waals surface area contributed by atoms with E-state index in [4.69, 9.17) is 14.7 Å². The lowest BCUT2D eigenvalue weighted by Crippen LogP contribution is -2.29. The lowest BCUT2D eigenvalue weighted by molar-refractivity contribution is -0.123. The third kappa shape index (κ3) is 2.79. The number of hydrogen-bond acceptors (Lipinski definition) is 4. The Balaban J connectivity index is 2.04. The Labute approximate surface area is 112 Å². The van der Waals surface area contributed by atoms with Gasteiger partial charge in [-0.1, -0.05) is 6.92 Å². The fourth-order valence-electron chi connectivity index (χ4n) is 1.92. The van der Waals surface area contributed by atoms with Crippen molar-refractivity contribution in [2.75, 3.05) is 6.79 Å². The third-order valence-electron chi connectivity index (χ3n) is 3.16. The highest BCUT2D eigenvalue weighted by atomic mass is 16.7. The van der Waals surface area contributed by atoms with Crippen molar-refractivity contribution in [3.05, 3.63) is 23.3 Å². The zero-order valence-corrected chi connectivity index (χ0v) is 11.0. The van der Waals surface area contributed by atoms with Gasteiger partial charge < -0.3 is 14.8 Å². The van der Waals surface area contributed by atoms with E-state index in [1.54, 1.807) is 0 Å². The molecule has 1 aliphatic rings. The molecule has 2 rings (SSSR count). The third-order valence-corrected chi connectivity index (χ3v) is 3.16. The van der Waals surface area contributed by atoms with Gasteiger partial charge in [0.05, 0.1) is 6.07 Å². The van der Waals surface area contributed by atoms with Crippen LogP contribution < -0.4 is 14.8 Å². The van der Waals surface area contributed by atoms with Crippen LogP contribution in [0.3, 0.4) is 0 Å². The van der Waals surface area contributed by atoms with E-state index < -0.39 is 5.92 Å². The molecule has 5 heteroatoms. The molecule has 1 atom stereocenters. The summed E-state index contributed by atoms with van der Waals surface area (Å²) in [5.41, 5.74) is 1.99. The lowest BCUT2D eigenvalue weighted by atomic mass is 10.1. The number of fused-ring (bicyclic) bond motifs is 1. The van der Waals surface area contributed by atoms with Crippen LogP contribution in [-0.2, 0) is 11.3 Å². The van der Waals surface area contributed by atoms with E-state index in [0.29, 0.717) is 18.7 Å². The Hall–Kier alpha value is -2.22. The van der Waals surface area contributed by atoms with Gasteiger partial charge >= 0.3 is 0 Å². The van der Waals surface area contributed by atoms with E-state index in [2.05, 4.69) is 5.32 Å². The summed E-state index contributed by atoms with van der Waals surface area (Å²) in [5.74, 6) is 0.606. The molecule has 0 saturated heterocycles. The molecular weight excluding hydrogens is 244 g/mol. The normalized spacial score (nSPS) is 13.7. The van der Waals surface area contributed by atoms with Gasteiger partial charge in [-0.05, 0) is 36.6 Å². The molecule has 1 amide bonds. The lowest BCUT2D eigenvalue weighted by Gasteiger charge is -2.11. The predicted molar refractivity (Wildman–Crippen MR) is 68.5 cm³/mol. The van der Waals surface area contributed by atoms with Crippen molar-refractivity contribution in [2.45, 2.75) is 26.8 Å². The van der Waals surface area contributed by atoms with Crippen LogP contribution in [0.4, 0.5) is 0 Å². The molecule has 0 aliphatic carbocycles. The standard InChI is InChI=1S/C14H16N2O3/c1-3-10(6-15)14(17)16-7-11-5-13-12(4-9(11)2)18-8-19-13/h4-5,10H,3,7-8H2,1-2H3,(H,16,17). The second-order valence-electron chi connectivity index (χ2n) is 4.44. The number of amides is 1. The number of carbonyl (C=O) groups is 1. The van der Waals surface area contributed by atoms with Crippen molar-refractivity contribution in [1.82, 2.24) is 5.32 Å². The number of rotatable bonds is 4. The van der Waals surface area contributed by atoms with Crippen molar-refractivity contribution in [3.63, 3.8) is 0 Å². The maximum atomic E-state index is 11.7. The van der Waals surface area contributed by atoms with E-state index in [9.17, 15) is 4.79 Å². The van der Waals surface area contributed by atoms with Crippen molar-refractivity contribution in [1.29, 1.82) is 5.26 Å². The van der Waals surface area contributed by atoms with Crippen LogP contribution in [0.5, 0.6) is 11.5 Å². The Morgan fingerprint density at radius 1 is 1.47 bits per heavy atom. The molecule has 0 saturated carbocycles. The number of nitrogens with zero attached hydrogens (tertiary/aromatic N) is 1. The zero-order valence-electron chi connectivity index (χ0n) is 11.0. The van der Waals surface area contributed by atoms with Gasteiger partial charge in [-0.2, -0.15) is 5.26 Å². The summed E-state index contributed by atoms with van der Waals surface area (Å²) in [6, 6.07) is 5.75. The summed E-state index contributed by atoms with van der Waals surface area (Å²) in [5, 5.41) is 11.6. The summed E-state index contributed by atoms with van der Waals surface area (Å²) in [7, 11) is 0. The fourth-order valence-corrected chi connectivity index (χ4v) is 1.92. The summed E-state index contributed by atoms with van der Waals surface area (Å²) in [4.78, 5) is 11.7. The molecule has 1 aromatic rings. The Kier molecular flexibility index (Phi) is 3.91. The average molecular weight is 260 g/mol. The fraction of sp³-hybridized carbons (Fsp3) is 0.429. The second kappa shape index (κ2) is 5.61. The molecule has 1 N–H and O–H groups in total. The number of ether oxygens (including phenoxy) is 2. The smallest absolute Gasteiger partial charge is 0.237 e. The molecule has 1 aromatic carbocycles. The maximum Gasteiger partial charge on any atom is 0.237 e. The van der Waals surface area contributed by atoms with E-state index >= 15 is 0 Å². The first kappa shape index (κ1) is 13.2. The minimum atomic E-state index is -0.589. The number of benzene rings is 1. The Bertz CT molecular complexity index is 534. The van der Waals surface area contributed by atoms with E-state index in [1.165, 1.54) is 0 Å². The number of carbonyl (C=O) groups excluding carboxylic acids is 1.